The van der Waals surface area contributed by atoms with Gasteiger partial charge in [0.05, 0.1) is 5.69 Å². The highest BCUT2D eigenvalue weighted by Gasteiger charge is 2.23. The van der Waals surface area contributed by atoms with Crippen LogP contribution in [0.2, 0.25) is 0 Å². The van der Waals surface area contributed by atoms with E-state index >= 15 is 0 Å². The highest BCUT2D eigenvalue weighted by molar-refractivity contribution is 9.10. The molecular weight excluding hydrogens is 344 g/mol. The normalized spacial score (nSPS) is 11.9. The lowest BCUT2D eigenvalue weighted by Gasteiger charge is -2.17. The van der Waals surface area contributed by atoms with Crippen LogP contribution in [-0.4, -0.2) is 11.5 Å². The summed E-state index contributed by atoms with van der Waals surface area (Å²) in [7, 11) is 0. The Kier molecular flexibility index (Phi) is 5.58. The van der Waals surface area contributed by atoms with E-state index in [2.05, 4.69) is 73.2 Å². The van der Waals surface area contributed by atoms with Crippen LogP contribution in [0.25, 0.3) is 10.6 Å². The van der Waals surface area contributed by atoms with Crippen LogP contribution in [0, 0.1) is 0 Å². The highest BCUT2D eigenvalue weighted by Crippen LogP contribution is 2.34. The average Bonchev–Trinajstić information content (AvgIpc) is 2.84. The number of hydrogen-bond acceptors (Lipinski definition) is 3. The minimum atomic E-state index is 0.0767. The van der Waals surface area contributed by atoms with Crippen molar-refractivity contribution in [2.75, 3.05) is 6.54 Å². The van der Waals surface area contributed by atoms with Gasteiger partial charge in [0.1, 0.15) is 5.01 Å². The Morgan fingerprint density at radius 3 is 2.43 bits per heavy atom. The number of nitrogens with one attached hydrogen (secondary N) is 1. The predicted molar refractivity (Wildman–Crippen MR) is 95.9 cm³/mol. The van der Waals surface area contributed by atoms with Crippen molar-refractivity contribution in [2.45, 2.75) is 46.1 Å². The Morgan fingerprint density at radius 2 is 1.86 bits per heavy atom. The summed E-state index contributed by atoms with van der Waals surface area (Å²) in [6.45, 7) is 10.9. The van der Waals surface area contributed by atoms with Crippen molar-refractivity contribution in [3.05, 3.63) is 39.3 Å². The maximum atomic E-state index is 4.92. The van der Waals surface area contributed by atoms with Gasteiger partial charge in [-0.3, -0.25) is 0 Å². The monoisotopic (exact) mass is 366 g/mol. The molecule has 0 aliphatic rings. The molecule has 1 heterocycles. The summed E-state index contributed by atoms with van der Waals surface area (Å²) in [5, 5.41) is 4.61. The van der Waals surface area contributed by atoms with Gasteiger partial charge in [0.15, 0.2) is 0 Å². The lowest BCUT2D eigenvalue weighted by molar-refractivity contribution is 0.559. The lowest BCUT2D eigenvalue weighted by Crippen LogP contribution is -2.19. The number of nitrogens with zero attached hydrogens (tertiary/aromatic N) is 1. The predicted octanol–water partition coefficient (Wildman–Crippen LogP) is 5.37. The summed E-state index contributed by atoms with van der Waals surface area (Å²) in [5.74, 6) is 0. The van der Waals surface area contributed by atoms with Crippen molar-refractivity contribution in [3.63, 3.8) is 0 Å². The molecule has 0 radical (unpaired) electrons. The van der Waals surface area contributed by atoms with E-state index in [0.717, 1.165) is 29.0 Å². The molecule has 21 heavy (non-hydrogen) atoms. The van der Waals surface area contributed by atoms with Crippen LogP contribution in [-0.2, 0) is 12.0 Å². The summed E-state index contributed by atoms with van der Waals surface area (Å²) in [5.41, 5.74) is 2.48. The standard InChI is InChI=1S/C17H23BrN2S/c1-5-10-19-11-14-15(17(2,3)4)20-16(21-14)12-6-8-13(18)9-7-12/h6-9,19H,5,10-11H2,1-4H3. The van der Waals surface area contributed by atoms with Crippen LogP contribution in [0.3, 0.4) is 0 Å². The van der Waals surface area contributed by atoms with Gasteiger partial charge in [-0.1, -0.05) is 55.8 Å². The van der Waals surface area contributed by atoms with Gasteiger partial charge < -0.3 is 5.32 Å². The van der Waals surface area contributed by atoms with Crippen molar-refractivity contribution < 1.29 is 0 Å². The minimum absolute atomic E-state index is 0.0767. The van der Waals surface area contributed by atoms with E-state index in [9.17, 15) is 0 Å². The van der Waals surface area contributed by atoms with Gasteiger partial charge in [0.2, 0.25) is 0 Å². The van der Waals surface area contributed by atoms with Crippen molar-refractivity contribution in [1.82, 2.24) is 10.3 Å². The SMILES string of the molecule is CCCNCc1sc(-c2ccc(Br)cc2)nc1C(C)(C)C. The molecule has 1 N–H and O–H groups in total. The fourth-order valence-corrected chi connectivity index (χ4v) is 3.66. The van der Waals surface area contributed by atoms with E-state index < -0.39 is 0 Å². The first-order valence-corrected chi connectivity index (χ1v) is 8.99. The number of rotatable bonds is 5. The molecule has 2 aromatic rings. The highest BCUT2D eigenvalue weighted by atomic mass is 79.9. The van der Waals surface area contributed by atoms with Gasteiger partial charge in [-0.05, 0) is 25.1 Å². The van der Waals surface area contributed by atoms with Crippen molar-refractivity contribution in [1.29, 1.82) is 0 Å². The Bertz CT molecular complexity index is 582. The second kappa shape index (κ2) is 7.03. The first-order chi connectivity index (χ1) is 9.91. The zero-order valence-electron chi connectivity index (χ0n) is 13.2. The van der Waals surface area contributed by atoms with Crippen LogP contribution >= 0.6 is 27.3 Å². The largest absolute Gasteiger partial charge is 0.312 e. The summed E-state index contributed by atoms with van der Waals surface area (Å²) >= 11 is 5.29. The van der Waals surface area contributed by atoms with E-state index in [1.54, 1.807) is 11.3 Å². The zero-order valence-corrected chi connectivity index (χ0v) is 15.6. The topological polar surface area (TPSA) is 24.9 Å². The van der Waals surface area contributed by atoms with Crippen LogP contribution in [0.1, 0.15) is 44.7 Å². The molecule has 0 unspecified atom stereocenters. The van der Waals surface area contributed by atoms with Crippen LogP contribution in [0.15, 0.2) is 28.7 Å². The van der Waals surface area contributed by atoms with Crippen LogP contribution in [0.4, 0.5) is 0 Å². The Morgan fingerprint density at radius 1 is 1.19 bits per heavy atom. The maximum absolute atomic E-state index is 4.92. The summed E-state index contributed by atoms with van der Waals surface area (Å²) in [6, 6.07) is 8.39. The van der Waals surface area contributed by atoms with Crippen molar-refractivity contribution in [3.8, 4) is 10.6 Å². The minimum Gasteiger partial charge on any atom is -0.312 e. The fourth-order valence-electron chi connectivity index (χ4n) is 2.15. The van der Waals surface area contributed by atoms with Gasteiger partial charge in [-0.15, -0.1) is 11.3 Å². The first-order valence-electron chi connectivity index (χ1n) is 7.38. The first kappa shape index (κ1) is 16.7. The molecule has 2 rings (SSSR count). The number of thiazole rings is 1. The molecule has 114 valence electrons. The van der Waals surface area contributed by atoms with E-state index in [-0.39, 0.29) is 5.41 Å². The molecule has 0 spiro atoms. The zero-order chi connectivity index (χ0) is 15.5. The molecule has 0 aliphatic heterocycles. The van der Waals surface area contributed by atoms with E-state index in [1.807, 2.05) is 0 Å². The van der Waals surface area contributed by atoms with Crippen molar-refractivity contribution in [2.24, 2.45) is 0 Å². The molecule has 1 aromatic carbocycles. The maximum Gasteiger partial charge on any atom is 0.123 e. The molecule has 2 nitrogen and oxygen atoms in total. The number of hydrogen-bond donors (Lipinski definition) is 1. The molecule has 0 saturated heterocycles. The van der Waals surface area contributed by atoms with Crippen LogP contribution in [0.5, 0.6) is 0 Å². The van der Waals surface area contributed by atoms with Gasteiger partial charge in [-0.25, -0.2) is 4.98 Å². The Labute approximate surface area is 140 Å². The molecule has 0 bridgehead atoms. The molecule has 0 atom stereocenters. The third-order valence-electron chi connectivity index (χ3n) is 3.21. The van der Waals surface area contributed by atoms with Gasteiger partial charge in [-0.2, -0.15) is 0 Å². The van der Waals surface area contributed by atoms with E-state index in [1.165, 1.54) is 16.1 Å². The Hall–Kier alpha value is -0.710. The van der Waals surface area contributed by atoms with Crippen molar-refractivity contribution >= 4 is 27.3 Å². The van der Waals surface area contributed by atoms with E-state index in [4.69, 9.17) is 4.98 Å². The summed E-state index contributed by atoms with van der Waals surface area (Å²) in [4.78, 5) is 6.28. The third-order valence-corrected chi connectivity index (χ3v) is 4.84. The van der Waals surface area contributed by atoms with E-state index in [0.29, 0.717) is 0 Å². The number of halogens is 1. The molecule has 4 heteroatoms. The fraction of sp³-hybridized carbons (Fsp3) is 0.471. The molecule has 0 amide bonds. The molecule has 0 saturated carbocycles. The summed E-state index contributed by atoms with van der Waals surface area (Å²) < 4.78 is 1.10. The smallest absolute Gasteiger partial charge is 0.123 e. The second-order valence-corrected chi connectivity index (χ2v) is 8.22. The van der Waals surface area contributed by atoms with Gasteiger partial charge >= 0.3 is 0 Å². The third kappa shape index (κ3) is 4.38. The second-order valence-electron chi connectivity index (χ2n) is 6.22. The number of aromatic nitrogens is 1. The summed E-state index contributed by atoms with van der Waals surface area (Å²) in [6.07, 6.45) is 1.16. The molecule has 0 aliphatic carbocycles. The average molecular weight is 367 g/mol. The molecule has 0 fully saturated rings. The van der Waals surface area contributed by atoms with Gasteiger partial charge in [0, 0.05) is 26.9 Å². The molecule has 1 aromatic heterocycles. The lowest BCUT2D eigenvalue weighted by atomic mass is 9.91. The Balaban J connectivity index is 2.33. The molecular formula is C17H23BrN2S. The quantitative estimate of drug-likeness (QED) is 0.719. The number of benzene rings is 1. The van der Waals surface area contributed by atoms with Gasteiger partial charge in [0.25, 0.3) is 0 Å². The van der Waals surface area contributed by atoms with Crippen LogP contribution < -0.4 is 5.32 Å².